The van der Waals surface area contributed by atoms with Gasteiger partial charge in [0, 0.05) is 55.5 Å². The first-order valence-electron chi connectivity index (χ1n) is 8.96. The van der Waals surface area contributed by atoms with E-state index in [9.17, 15) is 9.59 Å². The summed E-state index contributed by atoms with van der Waals surface area (Å²) in [6.07, 6.45) is 3.27. The zero-order valence-electron chi connectivity index (χ0n) is 15.7. The van der Waals surface area contributed by atoms with Gasteiger partial charge in [-0.1, -0.05) is 18.2 Å². The fourth-order valence-electron chi connectivity index (χ4n) is 3.17. The number of pyridine rings is 1. The Balaban J connectivity index is 1.55. The molecule has 3 aromatic rings. The lowest BCUT2D eigenvalue weighted by Crippen LogP contribution is -2.14. The van der Waals surface area contributed by atoms with E-state index >= 15 is 0 Å². The van der Waals surface area contributed by atoms with Crippen molar-refractivity contribution in [2.75, 3.05) is 24.3 Å². The monoisotopic (exact) mass is 372 g/mol. The van der Waals surface area contributed by atoms with Gasteiger partial charge in [0.05, 0.1) is 5.56 Å². The van der Waals surface area contributed by atoms with Crippen LogP contribution in [0.2, 0.25) is 0 Å². The van der Waals surface area contributed by atoms with Crippen molar-refractivity contribution in [3.05, 3.63) is 77.6 Å². The lowest BCUT2D eigenvalue weighted by atomic mass is 10.0. The Morgan fingerprint density at radius 2 is 1.82 bits per heavy atom. The van der Waals surface area contributed by atoms with E-state index in [0.717, 1.165) is 22.4 Å². The maximum atomic E-state index is 12.7. The predicted octanol–water partition coefficient (Wildman–Crippen LogP) is 3.31. The molecule has 2 N–H and O–H groups in total. The van der Waals surface area contributed by atoms with Gasteiger partial charge in [-0.15, -0.1) is 0 Å². The van der Waals surface area contributed by atoms with Crippen molar-refractivity contribution in [2.24, 2.45) is 0 Å². The van der Waals surface area contributed by atoms with Crippen LogP contribution >= 0.6 is 0 Å². The summed E-state index contributed by atoms with van der Waals surface area (Å²) in [4.78, 5) is 30.7. The Kier molecular flexibility index (Phi) is 4.53. The lowest BCUT2D eigenvalue weighted by Gasteiger charge is -2.13. The van der Waals surface area contributed by atoms with E-state index in [4.69, 9.17) is 0 Å². The van der Waals surface area contributed by atoms with Gasteiger partial charge in [0.25, 0.3) is 11.8 Å². The normalized spacial score (nSPS) is 12.3. The summed E-state index contributed by atoms with van der Waals surface area (Å²) in [6.45, 7) is 0.529. The quantitative estimate of drug-likeness (QED) is 0.737. The molecule has 28 heavy (non-hydrogen) atoms. The molecule has 1 aromatic heterocycles. The van der Waals surface area contributed by atoms with Crippen molar-refractivity contribution in [3.8, 4) is 11.1 Å². The Labute approximate surface area is 163 Å². The molecule has 0 aliphatic carbocycles. The minimum absolute atomic E-state index is 0.115. The SMILES string of the molecule is CN(C)c1ccc(-c2cncc(C(=O)Nc3ccc4c(c3)C(=O)NC4)c2)cc1. The number of carbonyl (C=O) groups excluding carboxylic acids is 2. The van der Waals surface area contributed by atoms with E-state index in [2.05, 4.69) is 15.6 Å². The second-order valence-electron chi connectivity index (χ2n) is 6.91. The Morgan fingerprint density at radius 1 is 1.04 bits per heavy atom. The fourth-order valence-corrected chi connectivity index (χ4v) is 3.17. The molecule has 0 spiro atoms. The second kappa shape index (κ2) is 7.15. The summed E-state index contributed by atoms with van der Waals surface area (Å²) < 4.78 is 0. The van der Waals surface area contributed by atoms with Crippen LogP contribution in [0.1, 0.15) is 26.3 Å². The van der Waals surface area contributed by atoms with E-state index in [1.807, 2.05) is 55.4 Å². The van der Waals surface area contributed by atoms with Gasteiger partial charge in [0.1, 0.15) is 0 Å². The average Bonchev–Trinajstić information content (AvgIpc) is 3.08. The first kappa shape index (κ1) is 17.7. The molecule has 0 saturated heterocycles. The van der Waals surface area contributed by atoms with E-state index in [1.165, 1.54) is 6.20 Å². The van der Waals surface area contributed by atoms with Gasteiger partial charge < -0.3 is 15.5 Å². The van der Waals surface area contributed by atoms with Gasteiger partial charge in [-0.05, 0) is 41.5 Å². The molecule has 0 atom stereocenters. The number of nitrogens with zero attached hydrogens (tertiary/aromatic N) is 2. The van der Waals surface area contributed by atoms with E-state index < -0.39 is 0 Å². The van der Waals surface area contributed by atoms with Crippen molar-refractivity contribution in [2.45, 2.75) is 6.54 Å². The van der Waals surface area contributed by atoms with Crippen LogP contribution in [0, 0.1) is 0 Å². The summed E-state index contributed by atoms with van der Waals surface area (Å²) in [5, 5.41) is 5.61. The van der Waals surface area contributed by atoms with E-state index in [0.29, 0.717) is 23.4 Å². The number of hydrogen-bond donors (Lipinski definition) is 2. The standard InChI is InChI=1S/C22H20N4O2/c1-26(2)19-7-4-14(5-8-19)16-9-17(12-23-11-16)21(27)25-18-6-3-15-13-24-22(28)20(15)10-18/h3-12H,13H2,1-2H3,(H,24,28)(H,25,27). The molecule has 1 aliphatic heterocycles. The van der Waals surface area contributed by atoms with Crippen molar-refractivity contribution in [3.63, 3.8) is 0 Å². The summed E-state index contributed by atoms with van der Waals surface area (Å²) in [5.74, 6) is -0.381. The lowest BCUT2D eigenvalue weighted by molar-refractivity contribution is 0.0964. The summed E-state index contributed by atoms with van der Waals surface area (Å²) in [7, 11) is 3.98. The highest BCUT2D eigenvalue weighted by Crippen LogP contribution is 2.24. The van der Waals surface area contributed by atoms with Gasteiger partial charge in [-0.3, -0.25) is 14.6 Å². The molecular weight excluding hydrogens is 352 g/mol. The molecule has 0 bridgehead atoms. The largest absolute Gasteiger partial charge is 0.378 e. The Bertz CT molecular complexity index is 1060. The number of fused-ring (bicyclic) bond motifs is 1. The topological polar surface area (TPSA) is 74.3 Å². The van der Waals surface area contributed by atoms with Crippen molar-refractivity contribution < 1.29 is 9.59 Å². The number of carbonyl (C=O) groups is 2. The zero-order valence-corrected chi connectivity index (χ0v) is 15.7. The molecule has 0 unspecified atom stereocenters. The minimum atomic E-state index is -0.266. The first-order chi connectivity index (χ1) is 13.5. The highest BCUT2D eigenvalue weighted by Gasteiger charge is 2.19. The van der Waals surface area contributed by atoms with Crippen LogP contribution in [-0.4, -0.2) is 30.9 Å². The molecule has 6 heteroatoms. The van der Waals surface area contributed by atoms with Crippen LogP contribution in [0.25, 0.3) is 11.1 Å². The van der Waals surface area contributed by atoms with Crippen LogP contribution in [0.4, 0.5) is 11.4 Å². The highest BCUT2D eigenvalue weighted by molar-refractivity contribution is 6.06. The molecule has 6 nitrogen and oxygen atoms in total. The number of benzene rings is 2. The van der Waals surface area contributed by atoms with Crippen LogP contribution < -0.4 is 15.5 Å². The molecule has 2 heterocycles. The van der Waals surface area contributed by atoms with Crippen LogP contribution in [0.15, 0.2) is 60.9 Å². The van der Waals surface area contributed by atoms with Crippen molar-refractivity contribution >= 4 is 23.2 Å². The Morgan fingerprint density at radius 3 is 2.57 bits per heavy atom. The summed E-state index contributed by atoms with van der Waals surface area (Å²) >= 11 is 0. The summed E-state index contributed by atoms with van der Waals surface area (Å²) in [5.41, 5.74) is 5.54. The maximum absolute atomic E-state index is 12.7. The minimum Gasteiger partial charge on any atom is -0.378 e. The fraction of sp³-hybridized carbons (Fsp3) is 0.136. The third-order valence-electron chi connectivity index (χ3n) is 4.77. The summed E-state index contributed by atoms with van der Waals surface area (Å²) in [6, 6.07) is 15.2. The smallest absolute Gasteiger partial charge is 0.257 e. The number of aromatic nitrogens is 1. The number of anilines is 2. The molecule has 0 radical (unpaired) electrons. The van der Waals surface area contributed by atoms with Crippen LogP contribution in [0.3, 0.4) is 0 Å². The number of nitrogens with one attached hydrogen (secondary N) is 2. The first-order valence-corrected chi connectivity index (χ1v) is 8.96. The second-order valence-corrected chi connectivity index (χ2v) is 6.91. The Hall–Kier alpha value is -3.67. The molecule has 1 aliphatic rings. The molecule has 0 saturated carbocycles. The van der Waals surface area contributed by atoms with Crippen molar-refractivity contribution in [1.29, 1.82) is 0 Å². The van der Waals surface area contributed by atoms with Gasteiger partial charge >= 0.3 is 0 Å². The number of amides is 2. The van der Waals surface area contributed by atoms with Crippen LogP contribution in [0.5, 0.6) is 0 Å². The molecular formula is C22H20N4O2. The van der Waals surface area contributed by atoms with Gasteiger partial charge in [0.2, 0.25) is 0 Å². The van der Waals surface area contributed by atoms with Gasteiger partial charge in [-0.2, -0.15) is 0 Å². The molecule has 2 aromatic carbocycles. The van der Waals surface area contributed by atoms with E-state index in [-0.39, 0.29) is 11.8 Å². The zero-order chi connectivity index (χ0) is 19.7. The average molecular weight is 372 g/mol. The maximum Gasteiger partial charge on any atom is 0.257 e. The highest BCUT2D eigenvalue weighted by atomic mass is 16.2. The molecule has 4 rings (SSSR count). The number of rotatable bonds is 4. The third-order valence-corrected chi connectivity index (χ3v) is 4.77. The number of hydrogen-bond acceptors (Lipinski definition) is 4. The predicted molar refractivity (Wildman–Crippen MR) is 110 cm³/mol. The van der Waals surface area contributed by atoms with E-state index in [1.54, 1.807) is 18.3 Å². The molecule has 140 valence electrons. The molecule has 0 fully saturated rings. The van der Waals surface area contributed by atoms with Gasteiger partial charge in [-0.25, -0.2) is 0 Å². The van der Waals surface area contributed by atoms with Gasteiger partial charge in [0.15, 0.2) is 0 Å². The molecule has 2 amide bonds. The third kappa shape index (κ3) is 3.44. The van der Waals surface area contributed by atoms with Crippen molar-refractivity contribution in [1.82, 2.24) is 10.3 Å². The van der Waals surface area contributed by atoms with Crippen LogP contribution in [-0.2, 0) is 6.54 Å².